The monoisotopic (exact) mass is 520 g/mol. The second-order valence-corrected chi connectivity index (χ2v) is 7.83. The van der Waals surface area contributed by atoms with Gasteiger partial charge in [-0.3, -0.25) is 15.3 Å². The molecule has 2 rings (SSSR count). The van der Waals surface area contributed by atoms with Gasteiger partial charge < -0.3 is 19.3 Å². The fourth-order valence-corrected chi connectivity index (χ4v) is 3.33. The van der Waals surface area contributed by atoms with Crippen LogP contribution in [0.4, 0.5) is 19.3 Å². The number of methoxy groups -OCH3 is 1. The number of aliphatic hydroxyl groups excluding tert-OH is 1. The third kappa shape index (κ3) is 10.00. The standard InChI is InChI=1S/C26H30F2N2O7/c1-17(15-24(32)30-34)5-3-4-6-23(35-2)25(18-7-10-20(11-8-18)36-14-13-31)37-26(33)29-22-12-9-19(27)16-21(22)28/h3,5,7-12,15-16,23,25,31,34H,4,6,13-14H2,1-2H3,(H,29,33)(H,30,32)/b5-3+,17-15+/t23-,25-/m1/s1. The Balaban J connectivity index is 2.19. The van der Waals surface area contributed by atoms with E-state index in [2.05, 4.69) is 5.32 Å². The van der Waals surface area contributed by atoms with Gasteiger partial charge in [-0.2, -0.15) is 0 Å². The highest BCUT2D eigenvalue weighted by Crippen LogP contribution is 2.29. The van der Waals surface area contributed by atoms with Gasteiger partial charge in [0, 0.05) is 19.3 Å². The smallest absolute Gasteiger partial charge is 0.412 e. The molecule has 11 heteroatoms. The number of ether oxygens (including phenoxy) is 3. The van der Waals surface area contributed by atoms with Crippen molar-refractivity contribution in [2.45, 2.75) is 32.0 Å². The SMILES string of the molecule is CO[C@H](CC/C=C/C(C)=C/C(=O)NO)[C@H](OC(=O)Nc1ccc(F)cc1F)c1ccc(OCCO)cc1. The molecule has 0 saturated heterocycles. The van der Waals surface area contributed by atoms with E-state index in [1.54, 1.807) is 43.3 Å². The molecule has 9 nitrogen and oxygen atoms in total. The Morgan fingerprint density at radius 1 is 1.14 bits per heavy atom. The summed E-state index contributed by atoms with van der Waals surface area (Å²) in [4.78, 5) is 23.8. The lowest BCUT2D eigenvalue weighted by Crippen LogP contribution is -2.28. The minimum Gasteiger partial charge on any atom is -0.491 e. The molecular weight excluding hydrogens is 490 g/mol. The van der Waals surface area contributed by atoms with Crippen molar-refractivity contribution in [3.63, 3.8) is 0 Å². The van der Waals surface area contributed by atoms with Gasteiger partial charge in [-0.05, 0) is 55.2 Å². The zero-order valence-corrected chi connectivity index (χ0v) is 20.4. The van der Waals surface area contributed by atoms with E-state index in [1.165, 1.54) is 18.7 Å². The van der Waals surface area contributed by atoms with Crippen LogP contribution in [0.3, 0.4) is 0 Å². The van der Waals surface area contributed by atoms with E-state index in [9.17, 15) is 18.4 Å². The molecule has 2 aromatic carbocycles. The number of hydrogen-bond acceptors (Lipinski definition) is 7. The van der Waals surface area contributed by atoms with Crippen LogP contribution in [0.5, 0.6) is 5.75 Å². The average Bonchev–Trinajstić information content (AvgIpc) is 2.88. The number of benzene rings is 2. The van der Waals surface area contributed by atoms with Crippen molar-refractivity contribution in [1.82, 2.24) is 5.48 Å². The van der Waals surface area contributed by atoms with Crippen molar-refractivity contribution in [1.29, 1.82) is 0 Å². The molecular formula is C26H30F2N2O7. The number of halogens is 2. The topological polar surface area (TPSA) is 126 Å². The molecule has 0 unspecified atom stereocenters. The predicted molar refractivity (Wildman–Crippen MR) is 131 cm³/mol. The summed E-state index contributed by atoms with van der Waals surface area (Å²) in [7, 11) is 1.46. The highest BCUT2D eigenvalue weighted by atomic mass is 19.1. The van der Waals surface area contributed by atoms with E-state index < -0.39 is 35.8 Å². The molecule has 200 valence electrons. The van der Waals surface area contributed by atoms with Crippen molar-refractivity contribution in [2.75, 3.05) is 25.6 Å². The van der Waals surface area contributed by atoms with Crippen molar-refractivity contribution in [2.24, 2.45) is 0 Å². The first-order valence-corrected chi connectivity index (χ1v) is 11.3. The molecule has 2 aromatic rings. The quantitative estimate of drug-likeness (QED) is 0.133. The van der Waals surface area contributed by atoms with Gasteiger partial charge in [0.15, 0.2) is 6.10 Å². The maximum atomic E-state index is 14.0. The fraction of sp³-hybridized carbons (Fsp3) is 0.308. The molecule has 0 aliphatic carbocycles. The van der Waals surface area contributed by atoms with Gasteiger partial charge in [0.25, 0.3) is 5.91 Å². The lowest BCUT2D eigenvalue weighted by atomic mass is 10.00. The lowest BCUT2D eigenvalue weighted by molar-refractivity contribution is -0.124. The zero-order valence-electron chi connectivity index (χ0n) is 20.4. The van der Waals surface area contributed by atoms with E-state index in [0.717, 1.165) is 12.1 Å². The summed E-state index contributed by atoms with van der Waals surface area (Å²) < 4.78 is 43.8. The van der Waals surface area contributed by atoms with Crippen molar-refractivity contribution >= 4 is 17.7 Å². The van der Waals surface area contributed by atoms with Crippen LogP contribution in [0.1, 0.15) is 31.4 Å². The first kappa shape index (κ1) is 29.4. The number of allylic oxidation sites excluding steroid dienone is 3. The molecule has 4 N–H and O–H groups in total. The Hall–Kier alpha value is -3.80. The van der Waals surface area contributed by atoms with E-state index in [4.69, 9.17) is 24.5 Å². The Labute approximate surface area is 213 Å². The molecule has 0 heterocycles. The summed E-state index contributed by atoms with van der Waals surface area (Å²) in [6, 6.07) is 9.36. The normalized spacial score (nSPS) is 13.2. The summed E-state index contributed by atoms with van der Waals surface area (Å²) in [5.41, 5.74) is 2.44. The molecule has 0 bridgehead atoms. The first-order chi connectivity index (χ1) is 17.8. The first-order valence-electron chi connectivity index (χ1n) is 11.3. The number of anilines is 1. The van der Waals surface area contributed by atoms with Crippen LogP contribution in [0, 0.1) is 11.6 Å². The number of amides is 2. The van der Waals surface area contributed by atoms with E-state index in [1.807, 2.05) is 0 Å². The number of hydrogen-bond donors (Lipinski definition) is 4. The summed E-state index contributed by atoms with van der Waals surface area (Å²) >= 11 is 0. The Morgan fingerprint density at radius 2 is 1.86 bits per heavy atom. The molecule has 37 heavy (non-hydrogen) atoms. The predicted octanol–water partition coefficient (Wildman–Crippen LogP) is 4.43. The maximum absolute atomic E-state index is 14.0. The average molecular weight is 521 g/mol. The van der Waals surface area contributed by atoms with Crippen molar-refractivity contribution in [3.05, 3.63) is 83.5 Å². The van der Waals surface area contributed by atoms with Gasteiger partial charge in [0.1, 0.15) is 24.0 Å². The number of hydroxylamine groups is 1. The summed E-state index contributed by atoms with van der Waals surface area (Å²) in [6.07, 6.45) is 3.08. The Kier molecular flexibility index (Phi) is 12.2. The van der Waals surface area contributed by atoms with E-state index in [0.29, 0.717) is 35.8 Å². The van der Waals surface area contributed by atoms with Crippen molar-refractivity contribution in [3.8, 4) is 5.75 Å². The molecule has 0 spiro atoms. The number of carbonyl (C=O) groups excluding carboxylic acids is 2. The third-order valence-corrected chi connectivity index (χ3v) is 5.08. The number of rotatable bonds is 13. The molecule has 2 amide bonds. The number of carbonyl (C=O) groups is 2. The molecule has 2 atom stereocenters. The zero-order chi connectivity index (χ0) is 27.2. The van der Waals surface area contributed by atoms with Crippen LogP contribution in [0.15, 0.2) is 66.3 Å². The molecule has 0 aliphatic rings. The van der Waals surface area contributed by atoms with Gasteiger partial charge in [0.2, 0.25) is 0 Å². The highest BCUT2D eigenvalue weighted by Gasteiger charge is 2.27. The summed E-state index contributed by atoms with van der Waals surface area (Å²) in [5.74, 6) is -1.89. The van der Waals surface area contributed by atoms with Gasteiger partial charge in [-0.25, -0.2) is 19.1 Å². The summed E-state index contributed by atoms with van der Waals surface area (Å²) in [5, 5.41) is 19.8. The maximum Gasteiger partial charge on any atom is 0.412 e. The molecule has 0 saturated carbocycles. The van der Waals surface area contributed by atoms with E-state index >= 15 is 0 Å². The van der Waals surface area contributed by atoms with E-state index in [-0.39, 0.29) is 18.9 Å². The van der Waals surface area contributed by atoms with Crippen LogP contribution < -0.4 is 15.5 Å². The minimum absolute atomic E-state index is 0.117. The minimum atomic E-state index is -0.970. The van der Waals surface area contributed by atoms with Gasteiger partial charge in [0.05, 0.1) is 18.4 Å². The van der Waals surface area contributed by atoms with Crippen LogP contribution >= 0.6 is 0 Å². The molecule has 0 fully saturated rings. The highest BCUT2D eigenvalue weighted by molar-refractivity contribution is 5.87. The number of nitrogens with one attached hydrogen (secondary N) is 2. The van der Waals surface area contributed by atoms with Crippen LogP contribution in [0.25, 0.3) is 0 Å². The lowest BCUT2D eigenvalue weighted by Gasteiger charge is -2.26. The summed E-state index contributed by atoms with van der Waals surface area (Å²) in [6.45, 7) is 1.66. The third-order valence-electron chi connectivity index (χ3n) is 5.08. The fourth-order valence-electron chi connectivity index (χ4n) is 3.33. The van der Waals surface area contributed by atoms with Crippen LogP contribution in [0.2, 0.25) is 0 Å². The van der Waals surface area contributed by atoms with Crippen LogP contribution in [-0.2, 0) is 14.3 Å². The second-order valence-electron chi connectivity index (χ2n) is 7.83. The molecule has 0 aromatic heterocycles. The second kappa shape index (κ2) is 15.3. The van der Waals surface area contributed by atoms with Gasteiger partial charge >= 0.3 is 6.09 Å². The van der Waals surface area contributed by atoms with Crippen LogP contribution in [-0.4, -0.2) is 48.7 Å². The number of aliphatic hydroxyl groups is 1. The van der Waals surface area contributed by atoms with Crippen molar-refractivity contribution < 1.29 is 42.9 Å². The molecule has 0 aliphatic heterocycles. The molecule has 0 radical (unpaired) electrons. The van der Waals surface area contributed by atoms with Gasteiger partial charge in [-0.15, -0.1) is 0 Å². The Morgan fingerprint density at radius 3 is 2.49 bits per heavy atom. The van der Waals surface area contributed by atoms with Gasteiger partial charge in [-0.1, -0.05) is 24.3 Å². The largest absolute Gasteiger partial charge is 0.491 e. The Bertz CT molecular complexity index is 1090.